The summed E-state index contributed by atoms with van der Waals surface area (Å²) in [6.45, 7) is 2.07. The molecular formula is C20H18BrN3O. The van der Waals surface area contributed by atoms with Crippen molar-refractivity contribution in [3.05, 3.63) is 88.5 Å². The van der Waals surface area contributed by atoms with Gasteiger partial charge in [-0.05, 0) is 42.8 Å². The minimum Gasteiger partial charge on any atom is -0.364 e. The third-order valence-corrected chi connectivity index (χ3v) is 4.27. The summed E-state index contributed by atoms with van der Waals surface area (Å²) in [4.78, 5) is 16.6. The number of rotatable bonds is 5. The van der Waals surface area contributed by atoms with Crippen molar-refractivity contribution in [2.75, 3.05) is 10.6 Å². The molecule has 0 aliphatic rings. The van der Waals surface area contributed by atoms with Crippen LogP contribution in [0, 0.1) is 0 Å². The lowest BCUT2D eigenvalue weighted by Crippen LogP contribution is -2.13. The van der Waals surface area contributed by atoms with E-state index in [1.807, 2.05) is 48.5 Å². The summed E-state index contributed by atoms with van der Waals surface area (Å²) in [5, 5.41) is 6.19. The number of hydrogen-bond acceptors (Lipinski definition) is 3. The van der Waals surface area contributed by atoms with Crippen molar-refractivity contribution in [3.8, 4) is 0 Å². The van der Waals surface area contributed by atoms with E-state index in [1.54, 1.807) is 12.3 Å². The van der Waals surface area contributed by atoms with Crippen LogP contribution in [-0.4, -0.2) is 10.9 Å². The van der Waals surface area contributed by atoms with Gasteiger partial charge in [0.25, 0.3) is 5.91 Å². The Bertz CT molecular complexity index is 850. The number of benzene rings is 2. The molecule has 3 aromatic rings. The SMILES string of the molecule is CC(Nc1ccc(C(=O)Nc2cccc(Br)c2)cn1)c1ccccc1. The normalized spacial score (nSPS) is 11.6. The van der Waals surface area contributed by atoms with E-state index < -0.39 is 0 Å². The lowest BCUT2D eigenvalue weighted by molar-refractivity contribution is 0.102. The van der Waals surface area contributed by atoms with Crippen LogP contribution in [-0.2, 0) is 0 Å². The van der Waals surface area contributed by atoms with Crippen LogP contribution in [0.4, 0.5) is 11.5 Å². The van der Waals surface area contributed by atoms with Crippen molar-refractivity contribution in [2.45, 2.75) is 13.0 Å². The van der Waals surface area contributed by atoms with Crippen LogP contribution in [0.25, 0.3) is 0 Å². The zero-order chi connectivity index (χ0) is 17.6. The van der Waals surface area contributed by atoms with E-state index in [4.69, 9.17) is 0 Å². The Kier molecular flexibility index (Phi) is 5.46. The number of pyridine rings is 1. The lowest BCUT2D eigenvalue weighted by Gasteiger charge is -2.15. The van der Waals surface area contributed by atoms with Gasteiger partial charge in [-0.3, -0.25) is 4.79 Å². The van der Waals surface area contributed by atoms with Crippen LogP contribution in [0.15, 0.2) is 77.4 Å². The van der Waals surface area contributed by atoms with Crippen molar-refractivity contribution < 1.29 is 4.79 Å². The maximum absolute atomic E-state index is 12.3. The van der Waals surface area contributed by atoms with Gasteiger partial charge in [0.15, 0.2) is 0 Å². The predicted molar refractivity (Wildman–Crippen MR) is 105 cm³/mol. The lowest BCUT2D eigenvalue weighted by atomic mass is 10.1. The second-order valence-corrected chi connectivity index (χ2v) is 6.59. The molecule has 4 nitrogen and oxygen atoms in total. The van der Waals surface area contributed by atoms with Crippen molar-refractivity contribution >= 4 is 33.3 Å². The number of nitrogens with zero attached hydrogens (tertiary/aromatic N) is 1. The van der Waals surface area contributed by atoms with E-state index >= 15 is 0 Å². The molecule has 0 saturated heterocycles. The third-order valence-electron chi connectivity index (χ3n) is 3.77. The van der Waals surface area contributed by atoms with Crippen LogP contribution in [0.2, 0.25) is 0 Å². The predicted octanol–water partition coefficient (Wildman–Crippen LogP) is 5.27. The number of carbonyl (C=O) groups is 1. The van der Waals surface area contributed by atoms with E-state index in [-0.39, 0.29) is 11.9 Å². The van der Waals surface area contributed by atoms with Gasteiger partial charge in [0.1, 0.15) is 5.82 Å². The number of anilines is 2. The fourth-order valence-electron chi connectivity index (χ4n) is 2.43. The minimum atomic E-state index is -0.187. The van der Waals surface area contributed by atoms with Crippen LogP contribution < -0.4 is 10.6 Å². The largest absolute Gasteiger partial charge is 0.364 e. The first-order valence-corrected chi connectivity index (χ1v) is 8.75. The monoisotopic (exact) mass is 395 g/mol. The number of nitrogens with one attached hydrogen (secondary N) is 2. The van der Waals surface area contributed by atoms with Gasteiger partial charge in [0.2, 0.25) is 0 Å². The van der Waals surface area contributed by atoms with Gasteiger partial charge in [-0.25, -0.2) is 4.98 Å². The Labute approximate surface area is 155 Å². The van der Waals surface area contributed by atoms with Gasteiger partial charge >= 0.3 is 0 Å². The van der Waals surface area contributed by atoms with E-state index in [1.165, 1.54) is 5.56 Å². The van der Waals surface area contributed by atoms with Crippen molar-refractivity contribution in [1.82, 2.24) is 4.98 Å². The van der Waals surface area contributed by atoms with Crippen LogP contribution in [0.1, 0.15) is 28.9 Å². The molecule has 0 spiro atoms. The van der Waals surface area contributed by atoms with Crippen molar-refractivity contribution in [3.63, 3.8) is 0 Å². The summed E-state index contributed by atoms with van der Waals surface area (Å²) < 4.78 is 0.915. The Morgan fingerprint density at radius 3 is 2.52 bits per heavy atom. The number of aromatic nitrogens is 1. The highest BCUT2D eigenvalue weighted by Gasteiger charge is 2.09. The standard InChI is InChI=1S/C20H18BrN3O/c1-14(15-6-3-2-4-7-15)23-19-11-10-16(13-22-19)20(25)24-18-9-5-8-17(21)12-18/h2-14H,1H3,(H,22,23)(H,24,25). The number of hydrogen-bond donors (Lipinski definition) is 2. The van der Waals surface area contributed by atoms with Crippen molar-refractivity contribution in [2.24, 2.45) is 0 Å². The first-order chi connectivity index (χ1) is 12.1. The number of amides is 1. The first kappa shape index (κ1) is 17.2. The molecule has 2 aromatic carbocycles. The smallest absolute Gasteiger partial charge is 0.257 e. The molecule has 0 radical (unpaired) electrons. The number of halogens is 1. The van der Waals surface area contributed by atoms with E-state index in [2.05, 4.69) is 50.6 Å². The quantitative estimate of drug-likeness (QED) is 0.618. The molecule has 0 saturated carbocycles. The van der Waals surface area contributed by atoms with Crippen LogP contribution in [0.3, 0.4) is 0 Å². The molecule has 0 bridgehead atoms. The molecule has 1 unspecified atom stereocenters. The van der Waals surface area contributed by atoms with E-state index in [9.17, 15) is 4.79 Å². The molecule has 0 fully saturated rings. The summed E-state index contributed by atoms with van der Waals surface area (Å²) in [5.74, 6) is 0.545. The number of carbonyl (C=O) groups excluding carboxylic acids is 1. The molecule has 126 valence electrons. The second-order valence-electron chi connectivity index (χ2n) is 5.67. The zero-order valence-corrected chi connectivity index (χ0v) is 15.3. The Morgan fingerprint density at radius 1 is 1.04 bits per heavy atom. The van der Waals surface area contributed by atoms with E-state index in [0.29, 0.717) is 5.56 Å². The Balaban J connectivity index is 1.64. The second kappa shape index (κ2) is 7.94. The molecule has 1 heterocycles. The van der Waals surface area contributed by atoms with Crippen molar-refractivity contribution in [1.29, 1.82) is 0 Å². The first-order valence-electron chi connectivity index (χ1n) is 7.96. The summed E-state index contributed by atoms with van der Waals surface area (Å²) in [6, 6.07) is 21.3. The highest BCUT2D eigenvalue weighted by Crippen LogP contribution is 2.19. The molecule has 1 amide bonds. The van der Waals surface area contributed by atoms with Gasteiger partial charge in [-0.2, -0.15) is 0 Å². The zero-order valence-electron chi connectivity index (χ0n) is 13.7. The highest BCUT2D eigenvalue weighted by molar-refractivity contribution is 9.10. The summed E-state index contributed by atoms with van der Waals surface area (Å²) >= 11 is 3.39. The fourth-order valence-corrected chi connectivity index (χ4v) is 2.83. The molecule has 3 rings (SSSR count). The molecule has 25 heavy (non-hydrogen) atoms. The van der Waals surface area contributed by atoms with Gasteiger partial charge in [-0.15, -0.1) is 0 Å². The molecule has 2 N–H and O–H groups in total. The molecule has 5 heteroatoms. The summed E-state index contributed by atoms with van der Waals surface area (Å²) in [7, 11) is 0. The third kappa shape index (κ3) is 4.67. The Hall–Kier alpha value is -2.66. The molecule has 1 atom stereocenters. The van der Waals surface area contributed by atoms with Crippen LogP contribution >= 0.6 is 15.9 Å². The average molecular weight is 396 g/mol. The summed E-state index contributed by atoms with van der Waals surface area (Å²) in [5.41, 5.74) is 2.43. The van der Waals surface area contributed by atoms with Gasteiger partial charge in [0.05, 0.1) is 5.56 Å². The highest BCUT2D eigenvalue weighted by atomic mass is 79.9. The fraction of sp³-hybridized carbons (Fsp3) is 0.100. The van der Waals surface area contributed by atoms with Gasteiger partial charge in [0, 0.05) is 22.4 Å². The Morgan fingerprint density at radius 2 is 1.84 bits per heavy atom. The maximum atomic E-state index is 12.3. The van der Waals surface area contributed by atoms with Gasteiger partial charge in [-0.1, -0.05) is 52.3 Å². The summed E-state index contributed by atoms with van der Waals surface area (Å²) in [6.07, 6.45) is 1.58. The van der Waals surface area contributed by atoms with Crippen LogP contribution in [0.5, 0.6) is 0 Å². The van der Waals surface area contributed by atoms with Gasteiger partial charge < -0.3 is 10.6 Å². The van der Waals surface area contributed by atoms with E-state index in [0.717, 1.165) is 16.0 Å². The molecule has 0 aliphatic carbocycles. The minimum absolute atomic E-state index is 0.134. The molecule has 0 aliphatic heterocycles. The average Bonchev–Trinajstić information content (AvgIpc) is 2.63. The topological polar surface area (TPSA) is 54.0 Å². The maximum Gasteiger partial charge on any atom is 0.257 e. The molecular weight excluding hydrogens is 378 g/mol. The molecule has 1 aromatic heterocycles.